The smallest absolute Gasteiger partial charge is 0.240 e. The van der Waals surface area contributed by atoms with Crippen molar-refractivity contribution in [2.75, 3.05) is 0 Å². The molecule has 0 aliphatic heterocycles. The Morgan fingerprint density at radius 1 is 1.42 bits per heavy atom. The van der Waals surface area contributed by atoms with Crippen LogP contribution in [0.1, 0.15) is 40.2 Å². The fourth-order valence-corrected chi connectivity index (χ4v) is 1.75. The average Bonchev–Trinajstić information content (AvgIpc) is 2.34. The predicted molar refractivity (Wildman–Crippen MR) is 77.4 cm³/mol. The van der Waals surface area contributed by atoms with Crippen molar-refractivity contribution >= 4 is 5.91 Å². The monoisotopic (exact) mass is 263 g/mol. The van der Waals surface area contributed by atoms with Crippen molar-refractivity contribution in [3.05, 3.63) is 30.1 Å². The molecule has 0 aromatic carbocycles. The standard InChI is InChI=1S/C15H25N3O/c1-11(2)18(10-12-7-6-8-17-9-12)14(19)13(16)15(3,4)5/h6-9,11,13H,10,16H2,1-5H3/t13-/m1/s1. The summed E-state index contributed by atoms with van der Waals surface area (Å²) in [4.78, 5) is 18.4. The first-order valence-electron chi connectivity index (χ1n) is 6.68. The maximum Gasteiger partial charge on any atom is 0.240 e. The van der Waals surface area contributed by atoms with Gasteiger partial charge in [-0.25, -0.2) is 0 Å². The zero-order valence-electron chi connectivity index (χ0n) is 12.6. The predicted octanol–water partition coefficient (Wildman–Crippen LogP) is 2.19. The van der Waals surface area contributed by atoms with Crippen molar-refractivity contribution in [2.24, 2.45) is 11.1 Å². The summed E-state index contributed by atoms with van der Waals surface area (Å²) in [6.45, 7) is 10.5. The Bertz CT molecular complexity index is 409. The Hall–Kier alpha value is -1.42. The second-order valence-electron chi connectivity index (χ2n) is 6.26. The van der Waals surface area contributed by atoms with Gasteiger partial charge in [0.05, 0.1) is 6.04 Å². The van der Waals surface area contributed by atoms with Crippen LogP contribution in [0, 0.1) is 5.41 Å². The normalized spacial score (nSPS) is 13.4. The van der Waals surface area contributed by atoms with Gasteiger partial charge < -0.3 is 10.6 Å². The molecule has 0 unspecified atom stereocenters. The summed E-state index contributed by atoms with van der Waals surface area (Å²) >= 11 is 0. The van der Waals surface area contributed by atoms with E-state index in [1.807, 2.05) is 51.7 Å². The van der Waals surface area contributed by atoms with Crippen molar-refractivity contribution in [1.29, 1.82) is 0 Å². The maximum absolute atomic E-state index is 12.5. The van der Waals surface area contributed by atoms with E-state index in [1.165, 1.54) is 0 Å². The van der Waals surface area contributed by atoms with E-state index in [2.05, 4.69) is 4.98 Å². The van der Waals surface area contributed by atoms with Crippen LogP contribution in [-0.2, 0) is 11.3 Å². The molecule has 0 aliphatic rings. The topological polar surface area (TPSA) is 59.2 Å². The molecule has 0 aliphatic carbocycles. The van der Waals surface area contributed by atoms with Crippen LogP contribution in [0.15, 0.2) is 24.5 Å². The van der Waals surface area contributed by atoms with Crippen LogP contribution < -0.4 is 5.73 Å². The molecule has 4 nitrogen and oxygen atoms in total. The van der Waals surface area contributed by atoms with Gasteiger partial charge >= 0.3 is 0 Å². The van der Waals surface area contributed by atoms with Gasteiger partial charge in [-0.15, -0.1) is 0 Å². The molecule has 1 rings (SSSR count). The van der Waals surface area contributed by atoms with Gasteiger partial charge in [0.15, 0.2) is 0 Å². The van der Waals surface area contributed by atoms with Gasteiger partial charge in [-0.05, 0) is 30.9 Å². The van der Waals surface area contributed by atoms with Gasteiger partial charge in [0.2, 0.25) is 5.91 Å². The first kappa shape index (κ1) is 15.6. The third kappa shape index (κ3) is 4.31. The van der Waals surface area contributed by atoms with Crippen LogP contribution in [0.5, 0.6) is 0 Å². The molecule has 1 atom stereocenters. The molecule has 0 saturated heterocycles. The Labute approximate surface area is 116 Å². The maximum atomic E-state index is 12.5. The average molecular weight is 263 g/mol. The number of nitrogens with zero attached hydrogens (tertiary/aromatic N) is 2. The van der Waals surface area contributed by atoms with Gasteiger partial charge in [-0.2, -0.15) is 0 Å². The first-order valence-corrected chi connectivity index (χ1v) is 6.68. The van der Waals surface area contributed by atoms with Crippen LogP contribution >= 0.6 is 0 Å². The summed E-state index contributed by atoms with van der Waals surface area (Å²) in [7, 11) is 0. The summed E-state index contributed by atoms with van der Waals surface area (Å²) in [5.74, 6) is -0.00801. The number of hydrogen-bond acceptors (Lipinski definition) is 3. The fourth-order valence-electron chi connectivity index (χ4n) is 1.75. The van der Waals surface area contributed by atoms with Crippen LogP contribution in [0.25, 0.3) is 0 Å². The van der Waals surface area contributed by atoms with E-state index in [9.17, 15) is 4.79 Å². The Balaban J connectivity index is 2.87. The molecule has 4 heteroatoms. The molecule has 1 aromatic rings. The van der Waals surface area contributed by atoms with E-state index in [4.69, 9.17) is 5.73 Å². The molecular formula is C15H25N3O. The lowest BCUT2D eigenvalue weighted by Gasteiger charge is -2.34. The van der Waals surface area contributed by atoms with Crippen molar-refractivity contribution < 1.29 is 4.79 Å². The SMILES string of the molecule is CC(C)N(Cc1cccnc1)C(=O)[C@@H](N)C(C)(C)C. The van der Waals surface area contributed by atoms with Gasteiger partial charge in [-0.1, -0.05) is 26.8 Å². The van der Waals surface area contributed by atoms with Crippen LogP contribution in [-0.4, -0.2) is 27.9 Å². The number of rotatable bonds is 4. The lowest BCUT2D eigenvalue weighted by Crippen LogP contribution is -2.52. The highest BCUT2D eigenvalue weighted by Crippen LogP contribution is 2.21. The van der Waals surface area contributed by atoms with Gasteiger partial charge in [0.1, 0.15) is 0 Å². The lowest BCUT2D eigenvalue weighted by molar-refractivity contribution is -0.137. The molecule has 1 heterocycles. The highest BCUT2D eigenvalue weighted by molar-refractivity contribution is 5.82. The number of carbonyl (C=O) groups excluding carboxylic acids is 1. The third-order valence-electron chi connectivity index (χ3n) is 3.18. The Morgan fingerprint density at radius 3 is 2.47 bits per heavy atom. The van der Waals surface area contributed by atoms with Gasteiger partial charge in [0.25, 0.3) is 0 Å². The van der Waals surface area contributed by atoms with Crippen LogP contribution in [0.2, 0.25) is 0 Å². The zero-order valence-corrected chi connectivity index (χ0v) is 12.6. The molecule has 1 aromatic heterocycles. The van der Waals surface area contributed by atoms with Crippen molar-refractivity contribution in [1.82, 2.24) is 9.88 Å². The second-order valence-corrected chi connectivity index (χ2v) is 6.26. The molecule has 106 valence electrons. The molecule has 0 radical (unpaired) electrons. The van der Waals surface area contributed by atoms with Gasteiger partial charge in [0, 0.05) is 25.0 Å². The minimum atomic E-state index is -0.494. The molecule has 19 heavy (non-hydrogen) atoms. The van der Waals surface area contributed by atoms with E-state index in [-0.39, 0.29) is 17.4 Å². The fraction of sp³-hybridized carbons (Fsp3) is 0.600. The summed E-state index contributed by atoms with van der Waals surface area (Å²) in [6.07, 6.45) is 3.51. The molecule has 2 N–H and O–H groups in total. The molecule has 1 amide bonds. The number of nitrogens with two attached hydrogens (primary N) is 1. The lowest BCUT2D eigenvalue weighted by atomic mass is 9.86. The zero-order chi connectivity index (χ0) is 14.6. The van der Waals surface area contributed by atoms with E-state index < -0.39 is 6.04 Å². The minimum absolute atomic E-state index is 0.00801. The highest BCUT2D eigenvalue weighted by Gasteiger charge is 2.32. The molecular weight excluding hydrogens is 238 g/mol. The third-order valence-corrected chi connectivity index (χ3v) is 3.18. The summed E-state index contributed by atoms with van der Waals surface area (Å²) in [5, 5.41) is 0. The molecule has 0 bridgehead atoms. The first-order chi connectivity index (χ1) is 8.73. The van der Waals surface area contributed by atoms with Crippen molar-refractivity contribution in [3.63, 3.8) is 0 Å². The quantitative estimate of drug-likeness (QED) is 0.906. The summed E-state index contributed by atoms with van der Waals surface area (Å²) in [6, 6.07) is 3.47. The summed E-state index contributed by atoms with van der Waals surface area (Å²) < 4.78 is 0. The van der Waals surface area contributed by atoms with E-state index in [0.717, 1.165) is 5.56 Å². The van der Waals surface area contributed by atoms with Crippen LogP contribution in [0.3, 0.4) is 0 Å². The van der Waals surface area contributed by atoms with E-state index >= 15 is 0 Å². The number of aromatic nitrogens is 1. The van der Waals surface area contributed by atoms with Gasteiger partial charge in [-0.3, -0.25) is 9.78 Å². The Kier molecular flexibility index (Phi) is 5.06. The highest BCUT2D eigenvalue weighted by atomic mass is 16.2. The van der Waals surface area contributed by atoms with Crippen LogP contribution in [0.4, 0.5) is 0 Å². The number of pyridine rings is 1. The van der Waals surface area contributed by atoms with E-state index in [0.29, 0.717) is 6.54 Å². The molecule has 0 spiro atoms. The minimum Gasteiger partial charge on any atom is -0.335 e. The number of amides is 1. The molecule has 0 fully saturated rings. The molecule has 0 saturated carbocycles. The number of carbonyl (C=O) groups is 1. The largest absolute Gasteiger partial charge is 0.335 e. The van der Waals surface area contributed by atoms with E-state index in [1.54, 1.807) is 12.4 Å². The number of hydrogen-bond donors (Lipinski definition) is 1. The van der Waals surface area contributed by atoms with Crippen molar-refractivity contribution in [3.8, 4) is 0 Å². The second kappa shape index (κ2) is 6.15. The van der Waals surface area contributed by atoms with Crippen molar-refractivity contribution in [2.45, 2.75) is 53.2 Å². The Morgan fingerprint density at radius 2 is 2.05 bits per heavy atom. The summed E-state index contributed by atoms with van der Waals surface area (Å²) in [5.41, 5.74) is 6.86.